The number of hydrogen-bond acceptors (Lipinski definition) is 5. The van der Waals surface area contributed by atoms with Gasteiger partial charge in [-0.25, -0.2) is 0 Å². The third-order valence-corrected chi connectivity index (χ3v) is 3.64. The summed E-state index contributed by atoms with van der Waals surface area (Å²) in [6, 6.07) is 0. The van der Waals surface area contributed by atoms with Crippen molar-refractivity contribution in [3.63, 3.8) is 0 Å². The first-order valence-corrected chi connectivity index (χ1v) is 8.66. The Morgan fingerprint density at radius 2 is 1.50 bits per heavy atom. The summed E-state index contributed by atoms with van der Waals surface area (Å²) < 4.78 is 39.2. The maximum absolute atomic E-state index is 11.2. The van der Waals surface area contributed by atoms with Crippen molar-refractivity contribution in [1.82, 2.24) is 0 Å². The summed E-state index contributed by atoms with van der Waals surface area (Å²) in [7, 11) is -2.25. The quantitative estimate of drug-likeness (QED) is 0.318. The highest BCUT2D eigenvalue weighted by molar-refractivity contribution is 7.85. The predicted octanol–water partition coefficient (Wildman–Crippen LogP) is 2.18. The fourth-order valence-corrected chi connectivity index (χ4v) is 2.32. The average molecular weight is 310 g/mol. The van der Waals surface area contributed by atoms with E-state index in [4.69, 9.17) is 14.0 Å². The lowest BCUT2D eigenvalue weighted by Crippen LogP contribution is -2.09. The van der Waals surface area contributed by atoms with Crippen LogP contribution in [0.4, 0.5) is 0 Å². The summed E-state index contributed by atoms with van der Waals surface area (Å²) in [6.07, 6.45) is 6.53. The molecule has 0 spiro atoms. The summed E-state index contributed by atoms with van der Waals surface area (Å²) in [4.78, 5) is 11.2. The van der Waals surface area contributed by atoms with E-state index in [-0.39, 0.29) is 11.7 Å². The fraction of sp³-hybridized carbons (Fsp3) is 0.923. The van der Waals surface area contributed by atoms with Crippen LogP contribution < -0.4 is 0 Å². The lowest BCUT2D eigenvalue weighted by atomic mass is 10.1. The van der Waals surface area contributed by atoms with Crippen LogP contribution in [-0.4, -0.2) is 45.0 Å². The first kappa shape index (κ1) is 19.3. The normalized spacial score (nSPS) is 11.5. The summed E-state index contributed by atoms with van der Waals surface area (Å²) >= 11 is 0. The Hall–Kier alpha value is -0.660. The number of carbonyl (C=O) groups is 1. The molecule has 0 amide bonds. The van der Waals surface area contributed by atoms with Gasteiger partial charge in [-0.1, -0.05) is 32.1 Å². The molecule has 0 aromatic rings. The fourth-order valence-electron chi connectivity index (χ4n) is 1.75. The van der Waals surface area contributed by atoms with E-state index in [0.717, 1.165) is 38.5 Å². The van der Waals surface area contributed by atoms with Crippen LogP contribution in [0.15, 0.2) is 0 Å². The lowest BCUT2D eigenvalue weighted by Gasteiger charge is -2.04. The molecule has 0 atom stereocenters. The van der Waals surface area contributed by atoms with Gasteiger partial charge in [-0.2, -0.15) is 8.42 Å². The monoisotopic (exact) mass is 310 g/mol. The zero-order valence-electron chi connectivity index (χ0n) is 12.2. The van der Waals surface area contributed by atoms with E-state index in [1.54, 1.807) is 7.11 Å². The van der Waals surface area contributed by atoms with Crippen LogP contribution >= 0.6 is 0 Å². The minimum absolute atomic E-state index is 0.152. The van der Waals surface area contributed by atoms with Crippen LogP contribution in [0, 0.1) is 0 Å². The van der Waals surface area contributed by atoms with Gasteiger partial charge < -0.3 is 9.47 Å². The zero-order chi connectivity index (χ0) is 15.3. The number of esters is 1. The van der Waals surface area contributed by atoms with Gasteiger partial charge in [0, 0.05) is 13.5 Å². The number of hydrogen-bond donors (Lipinski definition) is 1. The number of ether oxygens (including phenoxy) is 2. The molecule has 0 heterocycles. The molecule has 0 rings (SSSR count). The smallest absolute Gasteiger partial charge is 0.305 e. The molecule has 0 saturated carbocycles. The summed E-state index contributed by atoms with van der Waals surface area (Å²) in [5, 5.41) is 0. The Morgan fingerprint density at radius 3 is 2.05 bits per heavy atom. The Bertz CT molecular complexity index is 339. The van der Waals surface area contributed by atoms with E-state index in [2.05, 4.69) is 0 Å². The Kier molecular flexibility index (Phi) is 11.7. The zero-order valence-corrected chi connectivity index (χ0v) is 13.0. The van der Waals surface area contributed by atoms with Crippen LogP contribution in [0.2, 0.25) is 0 Å². The lowest BCUT2D eigenvalue weighted by molar-refractivity contribution is -0.145. The van der Waals surface area contributed by atoms with Crippen molar-refractivity contribution in [1.29, 1.82) is 0 Å². The second-order valence-electron chi connectivity index (χ2n) is 4.72. The first-order chi connectivity index (χ1) is 9.45. The van der Waals surface area contributed by atoms with Crippen molar-refractivity contribution in [2.75, 3.05) is 26.1 Å². The highest BCUT2D eigenvalue weighted by Crippen LogP contribution is 2.09. The number of rotatable bonds is 13. The van der Waals surface area contributed by atoms with Gasteiger partial charge in [0.05, 0.1) is 12.4 Å². The highest BCUT2D eigenvalue weighted by Gasteiger charge is 2.04. The standard InChI is InChI=1S/C13H26O6S/c1-18-10-11-19-13(14)9-7-5-3-2-4-6-8-12-20(15,16)17/h2-12H2,1H3,(H,15,16,17). The Labute approximate surface area is 121 Å². The van der Waals surface area contributed by atoms with E-state index in [0.29, 0.717) is 26.1 Å². The van der Waals surface area contributed by atoms with E-state index in [1.165, 1.54) is 0 Å². The van der Waals surface area contributed by atoms with Crippen molar-refractivity contribution >= 4 is 16.1 Å². The molecule has 120 valence electrons. The number of carbonyl (C=O) groups excluding carboxylic acids is 1. The van der Waals surface area contributed by atoms with Gasteiger partial charge in [-0.3, -0.25) is 9.35 Å². The van der Waals surface area contributed by atoms with Gasteiger partial charge in [0.15, 0.2) is 0 Å². The van der Waals surface area contributed by atoms with Crippen molar-refractivity contribution in [2.24, 2.45) is 0 Å². The second-order valence-corrected chi connectivity index (χ2v) is 6.30. The van der Waals surface area contributed by atoms with Crippen molar-refractivity contribution in [3.8, 4) is 0 Å². The van der Waals surface area contributed by atoms with Crippen molar-refractivity contribution in [2.45, 2.75) is 51.4 Å². The molecule has 7 heteroatoms. The van der Waals surface area contributed by atoms with Crippen LogP contribution in [0.3, 0.4) is 0 Å². The minimum Gasteiger partial charge on any atom is -0.463 e. The van der Waals surface area contributed by atoms with Gasteiger partial charge in [0.2, 0.25) is 0 Å². The largest absolute Gasteiger partial charge is 0.463 e. The second kappa shape index (κ2) is 12.1. The van der Waals surface area contributed by atoms with Gasteiger partial charge in [-0.05, 0) is 12.8 Å². The molecule has 0 bridgehead atoms. The molecule has 0 radical (unpaired) electrons. The maximum atomic E-state index is 11.2. The number of methoxy groups -OCH3 is 1. The first-order valence-electron chi connectivity index (χ1n) is 7.05. The van der Waals surface area contributed by atoms with E-state index >= 15 is 0 Å². The highest BCUT2D eigenvalue weighted by atomic mass is 32.2. The van der Waals surface area contributed by atoms with Gasteiger partial charge in [0.25, 0.3) is 10.1 Å². The predicted molar refractivity (Wildman–Crippen MR) is 76.2 cm³/mol. The molecular weight excluding hydrogens is 284 g/mol. The van der Waals surface area contributed by atoms with Gasteiger partial charge in [0.1, 0.15) is 6.61 Å². The summed E-state index contributed by atoms with van der Waals surface area (Å²) in [5.74, 6) is -0.337. The molecular formula is C13H26O6S. The van der Waals surface area contributed by atoms with Crippen LogP contribution in [0.5, 0.6) is 0 Å². The molecule has 0 aliphatic heterocycles. The molecule has 1 N–H and O–H groups in total. The Morgan fingerprint density at radius 1 is 0.950 bits per heavy atom. The SMILES string of the molecule is COCCOC(=O)CCCCCCCCCS(=O)(=O)O. The molecule has 0 saturated heterocycles. The molecule has 0 aliphatic rings. The summed E-state index contributed by atoms with van der Waals surface area (Å²) in [5.41, 5.74) is 0. The minimum atomic E-state index is -3.81. The molecule has 6 nitrogen and oxygen atoms in total. The molecule has 0 aromatic heterocycles. The van der Waals surface area contributed by atoms with Crippen LogP contribution in [-0.2, 0) is 24.4 Å². The Balaban J connectivity index is 3.22. The third kappa shape index (κ3) is 15.4. The number of unbranched alkanes of at least 4 members (excludes halogenated alkanes) is 6. The van der Waals surface area contributed by atoms with E-state index < -0.39 is 10.1 Å². The topological polar surface area (TPSA) is 89.9 Å². The molecule has 0 aliphatic carbocycles. The van der Waals surface area contributed by atoms with Crippen LogP contribution in [0.1, 0.15) is 51.4 Å². The van der Waals surface area contributed by atoms with Gasteiger partial charge in [-0.15, -0.1) is 0 Å². The molecule has 0 unspecified atom stereocenters. The average Bonchev–Trinajstić information content (AvgIpc) is 2.36. The maximum Gasteiger partial charge on any atom is 0.305 e. The third-order valence-electron chi connectivity index (χ3n) is 2.83. The van der Waals surface area contributed by atoms with Gasteiger partial charge >= 0.3 is 5.97 Å². The van der Waals surface area contributed by atoms with Crippen molar-refractivity contribution in [3.05, 3.63) is 0 Å². The van der Waals surface area contributed by atoms with Crippen molar-refractivity contribution < 1.29 is 27.2 Å². The molecule has 0 fully saturated rings. The molecule has 20 heavy (non-hydrogen) atoms. The molecule has 0 aromatic carbocycles. The van der Waals surface area contributed by atoms with E-state index in [9.17, 15) is 13.2 Å². The van der Waals surface area contributed by atoms with E-state index in [1.807, 2.05) is 0 Å². The van der Waals surface area contributed by atoms with Crippen LogP contribution in [0.25, 0.3) is 0 Å². The summed E-state index contributed by atoms with van der Waals surface area (Å²) in [6.45, 7) is 0.735.